The predicted molar refractivity (Wildman–Crippen MR) is 74.2 cm³/mol. The minimum atomic E-state index is 0.0355. The van der Waals surface area contributed by atoms with Crippen molar-refractivity contribution in [1.29, 1.82) is 0 Å². The highest BCUT2D eigenvalue weighted by molar-refractivity contribution is 5.66. The number of hydrogen-bond acceptors (Lipinski definition) is 6. The van der Waals surface area contributed by atoms with E-state index in [0.717, 1.165) is 19.6 Å². The van der Waals surface area contributed by atoms with Gasteiger partial charge in [0.2, 0.25) is 5.88 Å². The first kappa shape index (κ1) is 13.9. The number of rotatable bonds is 5. The van der Waals surface area contributed by atoms with Gasteiger partial charge in [-0.05, 0) is 27.2 Å². The summed E-state index contributed by atoms with van der Waals surface area (Å²) in [7, 11) is 0. The lowest BCUT2D eigenvalue weighted by Gasteiger charge is -2.17. The fourth-order valence-corrected chi connectivity index (χ4v) is 2.11. The van der Waals surface area contributed by atoms with Gasteiger partial charge >= 0.3 is 0 Å². The van der Waals surface area contributed by atoms with Crippen molar-refractivity contribution in [2.75, 3.05) is 24.2 Å². The van der Waals surface area contributed by atoms with E-state index in [0.29, 0.717) is 23.3 Å². The molecule has 3 N–H and O–H groups in total. The largest absolute Gasteiger partial charge is 0.473 e. The van der Waals surface area contributed by atoms with E-state index in [1.807, 2.05) is 13.8 Å². The Morgan fingerprint density at radius 1 is 1.53 bits per heavy atom. The van der Waals surface area contributed by atoms with Crippen LogP contribution in [0.1, 0.15) is 27.2 Å². The van der Waals surface area contributed by atoms with E-state index in [4.69, 9.17) is 15.2 Å². The van der Waals surface area contributed by atoms with Crippen LogP contribution in [0.2, 0.25) is 0 Å². The number of nitrogens with two attached hydrogens (primary N) is 1. The van der Waals surface area contributed by atoms with E-state index >= 15 is 0 Å². The molecule has 2 atom stereocenters. The predicted octanol–water partition coefficient (Wildman–Crippen LogP) is 1.68. The summed E-state index contributed by atoms with van der Waals surface area (Å²) in [5, 5.41) is 3.26. The highest BCUT2D eigenvalue weighted by Gasteiger charge is 2.24. The SMILES string of the molecule is CC(C)Oc1ncnc(NCC2CCOC2C)c1N. The highest BCUT2D eigenvalue weighted by Crippen LogP contribution is 2.27. The summed E-state index contributed by atoms with van der Waals surface area (Å²) in [6.07, 6.45) is 2.84. The Morgan fingerprint density at radius 3 is 2.95 bits per heavy atom. The van der Waals surface area contributed by atoms with Gasteiger partial charge in [0.15, 0.2) is 5.82 Å². The van der Waals surface area contributed by atoms with Crippen molar-refractivity contribution in [2.45, 2.75) is 39.4 Å². The van der Waals surface area contributed by atoms with E-state index in [1.54, 1.807) is 0 Å². The van der Waals surface area contributed by atoms with Gasteiger partial charge in [-0.1, -0.05) is 0 Å². The summed E-state index contributed by atoms with van der Waals surface area (Å²) in [6, 6.07) is 0. The smallest absolute Gasteiger partial charge is 0.242 e. The van der Waals surface area contributed by atoms with Gasteiger partial charge < -0.3 is 20.5 Å². The molecule has 1 saturated heterocycles. The van der Waals surface area contributed by atoms with Crippen LogP contribution in [0.4, 0.5) is 11.5 Å². The second kappa shape index (κ2) is 6.06. The molecule has 2 heterocycles. The minimum absolute atomic E-state index is 0.0355. The monoisotopic (exact) mass is 266 g/mol. The van der Waals surface area contributed by atoms with E-state index in [2.05, 4.69) is 22.2 Å². The Hall–Kier alpha value is -1.56. The van der Waals surface area contributed by atoms with E-state index in [-0.39, 0.29) is 12.2 Å². The lowest BCUT2D eigenvalue weighted by molar-refractivity contribution is 0.108. The van der Waals surface area contributed by atoms with Crippen molar-refractivity contribution >= 4 is 11.5 Å². The number of aromatic nitrogens is 2. The van der Waals surface area contributed by atoms with Crippen molar-refractivity contribution in [3.8, 4) is 5.88 Å². The number of nitrogens with zero attached hydrogens (tertiary/aromatic N) is 2. The molecule has 0 bridgehead atoms. The number of nitrogen functional groups attached to an aromatic ring is 1. The number of ether oxygens (including phenoxy) is 2. The van der Waals surface area contributed by atoms with E-state index < -0.39 is 0 Å². The summed E-state index contributed by atoms with van der Waals surface area (Å²) in [6.45, 7) is 7.59. The third kappa shape index (κ3) is 3.47. The zero-order chi connectivity index (χ0) is 13.8. The molecule has 1 fully saturated rings. The average Bonchev–Trinajstić information content (AvgIpc) is 2.76. The fraction of sp³-hybridized carbons (Fsp3) is 0.692. The summed E-state index contributed by atoms with van der Waals surface area (Å²) >= 11 is 0. The van der Waals surface area contributed by atoms with Gasteiger partial charge in [-0.2, -0.15) is 4.98 Å². The van der Waals surface area contributed by atoms with E-state index in [1.165, 1.54) is 6.33 Å². The maximum absolute atomic E-state index is 6.01. The summed E-state index contributed by atoms with van der Waals surface area (Å²) < 4.78 is 11.1. The van der Waals surface area contributed by atoms with Gasteiger partial charge in [0, 0.05) is 19.1 Å². The fourth-order valence-electron chi connectivity index (χ4n) is 2.11. The average molecular weight is 266 g/mol. The molecule has 0 amide bonds. The molecule has 6 heteroatoms. The van der Waals surface area contributed by atoms with E-state index in [9.17, 15) is 0 Å². The van der Waals surface area contributed by atoms with Gasteiger partial charge in [0.05, 0.1) is 12.2 Å². The molecule has 2 unspecified atom stereocenters. The Balaban J connectivity index is 2.00. The summed E-state index contributed by atoms with van der Waals surface area (Å²) in [4.78, 5) is 8.21. The lowest BCUT2D eigenvalue weighted by Crippen LogP contribution is -2.22. The molecule has 0 aromatic carbocycles. The third-order valence-electron chi connectivity index (χ3n) is 3.26. The summed E-state index contributed by atoms with van der Waals surface area (Å²) in [5.41, 5.74) is 6.47. The van der Waals surface area contributed by atoms with Crippen molar-refractivity contribution in [2.24, 2.45) is 5.92 Å². The van der Waals surface area contributed by atoms with Crippen LogP contribution in [0.5, 0.6) is 5.88 Å². The zero-order valence-corrected chi connectivity index (χ0v) is 11.7. The van der Waals surface area contributed by atoms with Crippen molar-refractivity contribution < 1.29 is 9.47 Å². The molecule has 1 aromatic rings. The highest BCUT2D eigenvalue weighted by atomic mass is 16.5. The molecule has 2 rings (SSSR count). The molecule has 0 aliphatic carbocycles. The molecule has 0 saturated carbocycles. The van der Waals surface area contributed by atoms with Crippen LogP contribution in [0.15, 0.2) is 6.33 Å². The first-order chi connectivity index (χ1) is 9.08. The first-order valence-electron chi connectivity index (χ1n) is 6.70. The summed E-state index contributed by atoms with van der Waals surface area (Å²) in [5.74, 6) is 1.55. The van der Waals surface area contributed by atoms with Gasteiger partial charge in [-0.15, -0.1) is 0 Å². The second-order valence-corrected chi connectivity index (χ2v) is 5.11. The Morgan fingerprint density at radius 2 is 2.32 bits per heavy atom. The van der Waals surface area contributed by atoms with Crippen molar-refractivity contribution in [1.82, 2.24) is 9.97 Å². The molecule has 19 heavy (non-hydrogen) atoms. The first-order valence-corrected chi connectivity index (χ1v) is 6.70. The van der Waals surface area contributed by atoms with Crippen LogP contribution < -0.4 is 15.8 Å². The number of hydrogen-bond donors (Lipinski definition) is 2. The number of nitrogens with one attached hydrogen (secondary N) is 1. The van der Waals surface area contributed by atoms with Crippen LogP contribution in [-0.4, -0.2) is 35.3 Å². The molecule has 1 aliphatic heterocycles. The zero-order valence-electron chi connectivity index (χ0n) is 11.7. The maximum atomic E-state index is 6.01. The van der Waals surface area contributed by atoms with Crippen LogP contribution in [0, 0.1) is 5.92 Å². The molecule has 0 spiro atoms. The second-order valence-electron chi connectivity index (χ2n) is 5.11. The molecule has 106 valence electrons. The standard InChI is InChI=1S/C13H22N4O2/c1-8(2)19-13-11(14)12(16-7-17-13)15-6-10-4-5-18-9(10)3/h7-10H,4-6,14H2,1-3H3,(H,15,16,17). The quantitative estimate of drug-likeness (QED) is 0.844. The maximum Gasteiger partial charge on any atom is 0.242 e. The van der Waals surface area contributed by atoms with Crippen molar-refractivity contribution in [3.05, 3.63) is 6.33 Å². The molecule has 1 aromatic heterocycles. The van der Waals surface area contributed by atoms with Gasteiger partial charge in [-0.3, -0.25) is 0 Å². The molecular formula is C13H22N4O2. The van der Waals surface area contributed by atoms with Crippen LogP contribution in [0.25, 0.3) is 0 Å². The third-order valence-corrected chi connectivity index (χ3v) is 3.26. The minimum Gasteiger partial charge on any atom is -0.473 e. The van der Waals surface area contributed by atoms with Crippen LogP contribution in [-0.2, 0) is 4.74 Å². The van der Waals surface area contributed by atoms with Crippen LogP contribution in [0.3, 0.4) is 0 Å². The molecular weight excluding hydrogens is 244 g/mol. The van der Waals surface area contributed by atoms with Crippen LogP contribution >= 0.6 is 0 Å². The van der Waals surface area contributed by atoms with Gasteiger partial charge in [-0.25, -0.2) is 4.98 Å². The Bertz CT molecular complexity index is 425. The van der Waals surface area contributed by atoms with Gasteiger partial charge in [0.25, 0.3) is 0 Å². The lowest BCUT2D eigenvalue weighted by atomic mass is 10.0. The molecule has 0 radical (unpaired) electrons. The van der Waals surface area contributed by atoms with Crippen molar-refractivity contribution in [3.63, 3.8) is 0 Å². The molecule has 6 nitrogen and oxygen atoms in total. The number of anilines is 2. The Kier molecular flexibility index (Phi) is 4.42. The normalized spacial score (nSPS) is 22.7. The molecule has 1 aliphatic rings. The Labute approximate surface area is 113 Å². The topological polar surface area (TPSA) is 82.3 Å². The van der Waals surface area contributed by atoms with Gasteiger partial charge in [0.1, 0.15) is 12.0 Å².